The van der Waals surface area contributed by atoms with Crippen molar-refractivity contribution in [2.45, 2.75) is 44.3 Å². The minimum atomic E-state index is -3.70. The lowest BCUT2D eigenvalue weighted by Crippen LogP contribution is -2.34. The fourth-order valence-electron chi connectivity index (χ4n) is 2.99. The van der Waals surface area contributed by atoms with Crippen molar-refractivity contribution in [3.63, 3.8) is 0 Å². The molecule has 0 unspecified atom stereocenters. The van der Waals surface area contributed by atoms with Crippen LogP contribution in [-0.2, 0) is 19.5 Å². The Morgan fingerprint density at radius 3 is 2.50 bits per heavy atom. The summed E-state index contributed by atoms with van der Waals surface area (Å²) in [5.74, 6) is 0.740. The van der Waals surface area contributed by atoms with E-state index in [-0.39, 0.29) is 22.4 Å². The van der Waals surface area contributed by atoms with Crippen LogP contribution in [0.25, 0.3) is 0 Å². The van der Waals surface area contributed by atoms with Crippen molar-refractivity contribution in [3.8, 4) is 11.5 Å². The van der Waals surface area contributed by atoms with Gasteiger partial charge >= 0.3 is 0 Å². The Morgan fingerprint density at radius 2 is 1.92 bits per heavy atom. The average Bonchev–Trinajstić information content (AvgIpc) is 3.20. The van der Waals surface area contributed by atoms with Crippen LogP contribution < -0.4 is 14.2 Å². The maximum absolute atomic E-state index is 12.6. The monoisotopic (exact) mass is 387 g/mol. The van der Waals surface area contributed by atoms with Gasteiger partial charge in [-0.2, -0.15) is 0 Å². The van der Waals surface area contributed by atoms with Crippen LogP contribution in [-0.4, -0.2) is 48.7 Å². The van der Waals surface area contributed by atoms with Gasteiger partial charge in [-0.05, 0) is 31.4 Å². The quantitative estimate of drug-likeness (QED) is 0.621. The van der Waals surface area contributed by atoms with Crippen LogP contribution >= 0.6 is 0 Å². The van der Waals surface area contributed by atoms with Crippen LogP contribution in [0.1, 0.15) is 33.1 Å². The molecule has 0 radical (unpaired) electrons. The van der Waals surface area contributed by atoms with E-state index in [0.29, 0.717) is 31.9 Å². The van der Waals surface area contributed by atoms with E-state index in [2.05, 4.69) is 18.6 Å². The van der Waals surface area contributed by atoms with Crippen LogP contribution in [0.5, 0.6) is 11.5 Å². The predicted molar refractivity (Wildman–Crippen MR) is 98.1 cm³/mol. The molecule has 1 aromatic rings. The average molecular weight is 387 g/mol. The van der Waals surface area contributed by atoms with Gasteiger partial charge in [0.05, 0.1) is 27.4 Å². The van der Waals surface area contributed by atoms with E-state index < -0.39 is 10.0 Å². The second-order valence-electron chi connectivity index (χ2n) is 6.60. The summed E-state index contributed by atoms with van der Waals surface area (Å²) in [6.07, 6.45) is 2.15. The molecule has 7 nitrogen and oxygen atoms in total. The highest BCUT2D eigenvalue weighted by Crippen LogP contribution is 2.36. The summed E-state index contributed by atoms with van der Waals surface area (Å²) in [5, 5.41) is 0. The van der Waals surface area contributed by atoms with Gasteiger partial charge < -0.3 is 18.9 Å². The molecule has 1 atom stereocenters. The molecule has 26 heavy (non-hydrogen) atoms. The molecule has 1 fully saturated rings. The number of benzene rings is 1. The van der Waals surface area contributed by atoms with Gasteiger partial charge in [0.25, 0.3) is 0 Å². The smallest absolute Gasteiger partial charge is 0.244 e. The molecule has 0 aliphatic carbocycles. The number of hydrogen-bond donors (Lipinski definition) is 1. The van der Waals surface area contributed by atoms with E-state index in [1.165, 1.54) is 20.3 Å². The zero-order valence-electron chi connectivity index (χ0n) is 15.9. The second-order valence-corrected chi connectivity index (χ2v) is 8.33. The Hall–Kier alpha value is -1.35. The molecule has 0 bridgehead atoms. The molecule has 148 valence electrons. The predicted octanol–water partition coefficient (Wildman–Crippen LogP) is 2.55. The molecule has 1 aromatic carbocycles. The number of sulfonamides is 1. The zero-order chi connectivity index (χ0) is 19.2. The third-order valence-electron chi connectivity index (χ3n) is 4.88. The van der Waals surface area contributed by atoms with Gasteiger partial charge in [0.15, 0.2) is 6.29 Å². The Morgan fingerprint density at radius 1 is 1.23 bits per heavy atom. The van der Waals surface area contributed by atoms with Gasteiger partial charge in [0, 0.05) is 18.0 Å². The fraction of sp³-hybridized carbons (Fsp3) is 0.667. The standard InChI is InChI=1S/C18H29NO6S/c1-5-18(2,17-24-11-12-25-17)9-6-10-19-26(20,21)16-13-14(22-3)7-8-15(16)23-4/h7-8,13,17,19H,5-6,9-12H2,1-4H3/t18-/m1/s1. The topological polar surface area (TPSA) is 83.1 Å². The van der Waals surface area contributed by atoms with Crippen molar-refractivity contribution in [1.29, 1.82) is 0 Å². The molecule has 0 aromatic heterocycles. The highest BCUT2D eigenvalue weighted by Gasteiger charge is 2.36. The van der Waals surface area contributed by atoms with E-state index in [1.54, 1.807) is 12.1 Å². The normalized spacial score (nSPS) is 17.8. The molecule has 8 heteroatoms. The molecule has 1 aliphatic rings. The summed E-state index contributed by atoms with van der Waals surface area (Å²) in [6, 6.07) is 4.69. The molecule has 0 saturated carbocycles. The first-order valence-corrected chi connectivity index (χ1v) is 10.3. The number of rotatable bonds is 10. The summed E-state index contributed by atoms with van der Waals surface area (Å²) in [7, 11) is -0.767. The molecule has 1 N–H and O–H groups in total. The van der Waals surface area contributed by atoms with Crippen LogP contribution in [0.15, 0.2) is 23.1 Å². The molecule has 0 amide bonds. The minimum Gasteiger partial charge on any atom is -0.497 e. The fourth-order valence-corrected chi connectivity index (χ4v) is 4.25. The number of hydrogen-bond acceptors (Lipinski definition) is 6. The highest BCUT2D eigenvalue weighted by atomic mass is 32.2. The van der Waals surface area contributed by atoms with Crippen molar-refractivity contribution in [2.75, 3.05) is 34.0 Å². The third-order valence-corrected chi connectivity index (χ3v) is 6.36. The number of methoxy groups -OCH3 is 2. The van der Waals surface area contributed by atoms with E-state index in [4.69, 9.17) is 18.9 Å². The van der Waals surface area contributed by atoms with Crippen molar-refractivity contribution in [2.24, 2.45) is 5.41 Å². The van der Waals surface area contributed by atoms with Gasteiger partial charge in [-0.15, -0.1) is 0 Å². The number of ether oxygens (including phenoxy) is 4. The minimum absolute atomic E-state index is 0.0695. The first-order chi connectivity index (χ1) is 12.4. The van der Waals surface area contributed by atoms with Crippen molar-refractivity contribution < 1.29 is 27.4 Å². The largest absolute Gasteiger partial charge is 0.497 e. The van der Waals surface area contributed by atoms with E-state index in [1.807, 2.05) is 0 Å². The molecule has 1 aliphatic heterocycles. The van der Waals surface area contributed by atoms with Crippen LogP contribution in [0.4, 0.5) is 0 Å². The summed E-state index contributed by atoms with van der Waals surface area (Å²) in [6.45, 7) is 5.76. The lowest BCUT2D eigenvalue weighted by atomic mass is 9.82. The molecular formula is C18H29NO6S. The first kappa shape index (κ1) is 21.0. The van der Waals surface area contributed by atoms with Crippen molar-refractivity contribution >= 4 is 10.0 Å². The van der Waals surface area contributed by atoms with Gasteiger partial charge in [0.1, 0.15) is 16.4 Å². The lowest BCUT2D eigenvalue weighted by molar-refractivity contribution is -0.131. The van der Waals surface area contributed by atoms with Crippen LogP contribution in [0.3, 0.4) is 0 Å². The third kappa shape index (κ3) is 4.88. The van der Waals surface area contributed by atoms with Crippen LogP contribution in [0, 0.1) is 5.41 Å². The van der Waals surface area contributed by atoms with Gasteiger partial charge in [-0.25, -0.2) is 13.1 Å². The molecular weight excluding hydrogens is 358 g/mol. The van der Waals surface area contributed by atoms with E-state index in [0.717, 1.165) is 12.8 Å². The van der Waals surface area contributed by atoms with Crippen LogP contribution in [0.2, 0.25) is 0 Å². The summed E-state index contributed by atoms with van der Waals surface area (Å²) >= 11 is 0. The maximum atomic E-state index is 12.6. The molecule has 2 rings (SSSR count). The van der Waals surface area contributed by atoms with Gasteiger partial charge in [0.2, 0.25) is 10.0 Å². The second kappa shape index (κ2) is 9.03. The Kier molecular flexibility index (Phi) is 7.28. The number of nitrogens with one attached hydrogen (secondary N) is 1. The van der Waals surface area contributed by atoms with E-state index >= 15 is 0 Å². The Balaban J connectivity index is 1.98. The summed E-state index contributed by atoms with van der Waals surface area (Å²) in [5.41, 5.74) is -0.129. The first-order valence-electron chi connectivity index (χ1n) is 8.81. The van der Waals surface area contributed by atoms with Crippen molar-refractivity contribution in [3.05, 3.63) is 18.2 Å². The molecule has 1 saturated heterocycles. The summed E-state index contributed by atoms with van der Waals surface area (Å²) in [4.78, 5) is 0.0695. The molecule has 0 spiro atoms. The Labute approximate surface area is 156 Å². The highest BCUT2D eigenvalue weighted by molar-refractivity contribution is 7.89. The van der Waals surface area contributed by atoms with Gasteiger partial charge in [-0.1, -0.05) is 13.8 Å². The maximum Gasteiger partial charge on any atom is 0.244 e. The Bertz CT molecular complexity index is 687. The van der Waals surface area contributed by atoms with E-state index in [9.17, 15) is 8.42 Å². The summed E-state index contributed by atoms with van der Waals surface area (Å²) < 4.78 is 49.5. The SMILES string of the molecule is CC[C@](C)(CCCNS(=O)(=O)c1cc(OC)ccc1OC)C1OCCO1. The van der Waals surface area contributed by atoms with Gasteiger partial charge in [-0.3, -0.25) is 0 Å². The zero-order valence-corrected chi connectivity index (χ0v) is 16.7. The van der Waals surface area contributed by atoms with Crippen molar-refractivity contribution in [1.82, 2.24) is 4.72 Å². The molecule has 1 heterocycles. The lowest BCUT2D eigenvalue weighted by Gasteiger charge is -2.33.